The molecule has 2 fully saturated rings. The summed E-state index contributed by atoms with van der Waals surface area (Å²) < 4.78 is 5.68. The fraction of sp³-hybridized carbons (Fsp3) is 0.652. The number of nitrogens with zero attached hydrogens (tertiary/aromatic N) is 4. The second kappa shape index (κ2) is 12.4. The molecule has 184 valence electrons. The standard InChI is InChI=1S/C23H36N6O3.HI/c1-23(2,3)32-22(31)29(16-17-7-8-17)19-9-12-28(13-10-19)21(24-4)26-15-20(30)27-18-6-5-11-25-14-18;/h5-6,11,14,17,19H,7-10,12-13,15-16H2,1-4H3,(H,24,26)(H,27,30);1H. The highest BCUT2D eigenvalue weighted by atomic mass is 127. The minimum absolute atomic E-state index is 0. The predicted molar refractivity (Wildman–Crippen MR) is 140 cm³/mol. The van der Waals surface area contributed by atoms with Crippen LogP contribution in [0.25, 0.3) is 0 Å². The van der Waals surface area contributed by atoms with Crippen molar-refractivity contribution in [3.63, 3.8) is 0 Å². The van der Waals surface area contributed by atoms with E-state index >= 15 is 0 Å². The molecule has 2 amide bonds. The summed E-state index contributed by atoms with van der Waals surface area (Å²) in [6.45, 7) is 8.14. The molecule has 2 aliphatic rings. The van der Waals surface area contributed by atoms with Gasteiger partial charge in [0.05, 0.1) is 18.4 Å². The van der Waals surface area contributed by atoms with E-state index in [-0.39, 0.29) is 48.6 Å². The van der Waals surface area contributed by atoms with Crippen molar-refractivity contribution in [1.82, 2.24) is 20.1 Å². The first-order valence-corrected chi connectivity index (χ1v) is 11.4. The maximum absolute atomic E-state index is 12.8. The highest BCUT2D eigenvalue weighted by Crippen LogP contribution is 2.32. The minimum Gasteiger partial charge on any atom is -0.444 e. The number of guanidine groups is 1. The van der Waals surface area contributed by atoms with Crippen LogP contribution in [-0.4, -0.2) is 77.6 Å². The number of anilines is 1. The van der Waals surface area contributed by atoms with E-state index in [0.29, 0.717) is 17.6 Å². The molecule has 1 aliphatic heterocycles. The highest BCUT2D eigenvalue weighted by molar-refractivity contribution is 14.0. The molecule has 10 heteroatoms. The zero-order valence-electron chi connectivity index (χ0n) is 20.0. The van der Waals surface area contributed by atoms with Crippen LogP contribution in [0.5, 0.6) is 0 Å². The Kier molecular flexibility index (Phi) is 10.2. The summed E-state index contributed by atoms with van der Waals surface area (Å²) in [6.07, 6.45) is 7.12. The molecule has 0 radical (unpaired) electrons. The lowest BCUT2D eigenvalue weighted by Gasteiger charge is -2.40. The smallest absolute Gasteiger partial charge is 0.410 e. The Balaban J connectivity index is 0.00000385. The van der Waals surface area contributed by atoms with E-state index in [1.54, 1.807) is 31.6 Å². The van der Waals surface area contributed by atoms with Crippen LogP contribution in [0.3, 0.4) is 0 Å². The van der Waals surface area contributed by atoms with Crippen molar-refractivity contribution in [2.75, 3.05) is 38.5 Å². The number of amides is 2. The molecule has 1 saturated heterocycles. The van der Waals surface area contributed by atoms with Crippen molar-refractivity contribution >= 4 is 47.6 Å². The van der Waals surface area contributed by atoms with Crippen LogP contribution < -0.4 is 10.6 Å². The molecule has 2 heterocycles. The number of hydrogen-bond acceptors (Lipinski definition) is 5. The highest BCUT2D eigenvalue weighted by Gasteiger charge is 2.35. The van der Waals surface area contributed by atoms with Crippen LogP contribution in [0.2, 0.25) is 0 Å². The molecule has 33 heavy (non-hydrogen) atoms. The van der Waals surface area contributed by atoms with Gasteiger partial charge in [0.2, 0.25) is 5.91 Å². The number of nitrogens with one attached hydrogen (secondary N) is 2. The van der Waals surface area contributed by atoms with Crippen LogP contribution in [-0.2, 0) is 9.53 Å². The van der Waals surface area contributed by atoms with Crippen molar-refractivity contribution in [1.29, 1.82) is 0 Å². The van der Waals surface area contributed by atoms with Gasteiger partial charge in [-0.15, -0.1) is 24.0 Å². The number of ether oxygens (including phenoxy) is 1. The molecule has 3 rings (SSSR count). The Morgan fingerprint density at radius 2 is 1.94 bits per heavy atom. The number of likely N-dealkylation sites (tertiary alicyclic amines) is 1. The lowest BCUT2D eigenvalue weighted by molar-refractivity contribution is -0.115. The van der Waals surface area contributed by atoms with Gasteiger partial charge in [-0.05, 0) is 64.5 Å². The topological polar surface area (TPSA) is 99.2 Å². The molecule has 1 aromatic rings. The van der Waals surface area contributed by atoms with Crippen molar-refractivity contribution in [3.8, 4) is 0 Å². The molecule has 0 bridgehead atoms. The summed E-state index contributed by atoms with van der Waals surface area (Å²) in [5.74, 6) is 1.14. The first kappa shape index (κ1) is 27.1. The third-order valence-electron chi connectivity index (χ3n) is 5.55. The Labute approximate surface area is 213 Å². The lowest BCUT2D eigenvalue weighted by atomic mass is 10.0. The largest absolute Gasteiger partial charge is 0.444 e. The molecule has 0 unspecified atom stereocenters. The third-order valence-corrected chi connectivity index (χ3v) is 5.55. The van der Waals surface area contributed by atoms with Gasteiger partial charge >= 0.3 is 6.09 Å². The monoisotopic (exact) mass is 572 g/mol. The number of piperidine rings is 1. The van der Waals surface area contributed by atoms with Gasteiger partial charge in [-0.25, -0.2) is 4.79 Å². The summed E-state index contributed by atoms with van der Waals surface area (Å²) in [5, 5.41) is 5.94. The average molecular weight is 572 g/mol. The molecule has 2 N–H and O–H groups in total. The van der Waals surface area contributed by atoms with Crippen molar-refractivity contribution in [2.45, 2.75) is 58.1 Å². The molecular weight excluding hydrogens is 535 g/mol. The van der Waals surface area contributed by atoms with Gasteiger partial charge in [0, 0.05) is 38.9 Å². The van der Waals surface area contributed by atoms with Gasteiger partial charge in [0.15, 0.2) is 5.96 Å². The van der Waals surface area contributed by atoms with Gasteiger partial charge in [-0.1, -0.05) is 0 Å². The van der Waals surface area contributed by atoms with Crippen molar-refractivity contribution < 1.29 is 14.3 Å². The van der Waals surface area contributed by atoms with Crippen LogP contribution in [0.15, 0.2) is 29.5 Å². The molecule has 0 spiro atoms. The molecular formula is C23H37IN6O3. The number of halogens is 1. The Morgan fingerprint density at radius 1 is 1.24 bits per heavy atom. The Bertz CT molecular complexity index is 802. The zero-order chi connectivity index (χ0) is 23.1. The minimum atomic E-state index is -0.498. The third kappa shape index (κ3) is 8.98. The van der Waals surface area contributed by atoms with Gasteiger partial charge in [0.25, 0.3) is 0 Å². The van der Waals surface area contributed by atoms with E-state index in [9.17, 15) is 9.59 Å². The molecule has 1 aromatic heterocycles. The van der Waals surface area contributed by atoms with E-state index in [0.717, 1.165) is 32.5 Å². The van der Waals surface area contributed by atoms with E-state index in [4.69, 9.17) is 4.74 Å². The molecule has 0 atom stereocenters. The number of carbonyl (C=O) groups is 2. The van der Waals surface area contributed by atoms with Gasteiger partial charge in [0.1, 0.15) is 5.60 Å². The molecule has 1 aliphatic carbocycles. The summed E-state index contributed by atoms with van der Waals surface area (Å²) in [7, 11) is 1.72. The number of aromatic nitrogens is 1. The number of carbonyl (C=O) groups excluding carboxylic acids is 2. The predicted octanol–water partition coefficient (Wildman–Crippen LogP) is 3.33. The summed E-state index contributed by atoms with van der Waals surface area (Å²) in [4.78, 5) is 37.5. The normalized spacial score (nSPS) is 17.1. The van der Waals surface area contributed by atoms with Crippen molar-refractivity contribution in [3.05, 3.63) is 24.5 Å². The zero-order valence-corrected chi connectivity index (χ0v) is 22.4. The number of hydrogen-bond donors (Lipinski definition) is 2. The first-order chi connectivity index (χ1) is 15.2. The quantitative estimate of drug-likeness (QED) is 0.309. The van der Waals surface area contributed by atoms with Crippen molar-refractivity contribution in [2.24, 2.45) is 10.9 Å². The SMILES string of the molecule is CN=C(NCC(=O)Nc1cccnc1)N1CCC(N(CC2CC2)C(=O)OC(C)(C)C)CC1.I. The molecule has 9 nitrogen and oxygen atoms in total. The Hall–Kier alpha value is -2.11. The van der Waals surface area contributed by atoms with Crippen LogP contribution in [0.1, 0.15) is 46.5 Å². The fourth-order valence-electron chi connectivity index (χ4n) is 3.79. The maximum atomic E-state index is 12.8. The first-order valence-electron chi connectivity index (χ1n) is 11.4. The van der Waals surface area contributed by atoms with Crippen LogP contribution in [0.4, 0.5) is 10.5 Å². The van der Waals surface area contributed by atoms with E-state index < -0.39 is 5.60 Å². The lowest BCUT2D eigenvalue weighted by Crippen LogP contribution is -2.53. The summed E-state index contributed by atoms with van der Waals surface area (Å²) in [6, 6.07) is 3.73. The molecule has 0 aromatic carbocycles. The van der Waals surface area contributed by atoms with Crippen LogP contribution in [0, 0.1) is 5.92 Å². The van der Waals surface area contributed by atoms with E-state index in [1.165, 1.54) is 12.8 Å². The second-order valence-corrected chi connectivity index (χ2v) is 9.48. The number of pyridine rings is 1. The number of aliphatic imine (C=N–C) groups is 1. The second-order valence-electron chi connectivity index (χ2n) is 9.48. The van der Waals surface area contributed by atoms with Gasteiger partial charge < -0.3 is 25.2 Å². The summed E-state index contributed by atoms with van der Waals surface area (Å²) in [5.41, 5.74) is 0.162. The van der Waals surface area contributed by atoms with Crippen LogP contribution >= 0.6 is 24.0 Å². The van der Waals surface area contributed by atoms with Gasteiger partial charge in [-0.2, -0.15) is 0 Å². The van der Waals surface area contributed by atoms with Gasteiger partial charge in [-0.3, -0.25) is 14.8 Å². The fourth-order valence-corrected chi connectivity index (χ4v) is 3.79. The number of rotatable bonds is 6. The average Bonchev–Trinajstić information content (AvgIpc) is 3.57. The summed E-state index contributed by atoms with van der Waals surface area (Å²) >= 11 is 0. The molecule has 1 saturated carbocycles. The maximum Gasteiger partial charge on any atom is 0.410 e. The Morgan fingerprint density at radius 3 is 2.48 bits per heavy atom. The van der Waals surface area contributed by atoms with E-state index in [1.807, 2.05) is 25.7 Å². The van der Waals surface area contributed by atoms with E-state index in [2.05, 4.69) is 25.5 Å².